The highest BCUT2D eigenvalue weighted by molar-refractivity contribution is 8.19. The quantitative estimate of drug-likeness (QED) is 0.416. The monoisotopic (exact) mass is 392 g/mol. The molecule has 0 radical (unpaired) electrons. The van der Waals surface area contributed by atoms with E-state index >= 15 is 0 Å². The van der Waals surface area contributed by atoms with Gasteiger partial charge in [0.2, 0.25) is 0 Å². The summed E-state index contributed by atoms with van der Waals surface area (Å²) in [5.74, 6) is -1.21. The number of thioether (sulfide) groups is 1. The first-order valence-electron chi connectivity index (χ1n) is 7.26. The Morgan fingerprint density at radius 1 is 1.19 bits per heavy atom. The Hall–Kier alpha value is -2.71. The molecule has 0 unspecified atom stereocenters. The number of nitro benzene ring substituents is 1. The molecule has 1 heterocycles. The van der Waals surface area contributed by atoms with Crippen molar-refractivity contribution in [2.75, 3.05) is 4.90 Å². The predicted molar refractivity (Wildman–Crippen MR) is 97.6 cm³/mol. The van der Waals surface area contributed by atoms with Crippen LogP contribution < -0.4 is 4.90 Å². The van der Waals surface area contributed by atoms with Crippen LogP contribution in [0.5, 0.6) is 0 Å². The Morgan fingerprint density at radius 2 is 1.85 bits per heavy atom. The van der Waals surface area contributed by atoms with Crippen molar-refractivity contribution in [3.63, 3.8) is 0 Å². The molecule has 1 fully saturated rings. The van der Waals surface area contributed by atoms with E-state index in [1.54, 1.807) is 6.92 Å². The van der Waals surface area contributed by atoms with Crippen molar-refractivity contribution in [2.24, 2.45) is 0 Å². The number of carbonyl (C=O) groups excluding carboxylic acids is 2. The highest BCUT2D eigenvalue weighted by Crippen LogP contribution is 2.39. The number of allylic oxidation sites excluding steroid dienone is 1. The van der Waals surface area contributed by atoms with Gasteiger partial charge in [-0.1, -0.05) is 11.6 Å². The van der Waals surface area contributed by atoms with Crippen molar-refractivity contribution < 1.29 is 18.9 Å². The third-order valence-electron chi connectivity index (χ3n) is 3.78. The van der Waals surface area contributed by atoms with Gasteiger partial charge in [-0.25, -0.2) is 9.29 Å². The van der Waals surface area contributed by atoms with Gasteiger partial charge in [-0.15, -0.1) is 0 Å². The Kier molecular flexibility index (Phi) is 4.80. The number of imide groups is 1. The normalized spacial score (nSPS) is 16.2. The lowest BCUT2D eigenvalue weighted by molar-refractivity contribution is -0.384. The molecule has 2 amide bonds. The molecule has 0 N–H and O–H groups in total. The number of rotatable bonds is 3. The number of non-ortho nitro benzene ring substituents is 1. The summed E-state index contributed by atoms with van der Waals surface area (Å²) in [6, 6.07) is 9.24. The van der Waals surface area contributed by atoms with Crippen molar-refractivity contribution in [1.29, 1.82) is 0 Å². The molecule has 0 spiro atoms. The Labute approximate surface area is 156 Å². The van der Waals surface area contributed by atoms with Crippen LogP contribution in [-0.4, -0.2) is 16.1 Å². The van der Waals surface area contributed by atoms with Crippen LogP contribution in [-0.2, 0) is 4.79 Å². The summed E-state index contributed by atoms with van der Waals surface area (Å²) in [5.41, 5.74) is 1.19. The minimum Gasteiger partial charge on any atom is -0.268 e. The fraction of sp³-hybridized carbons (Fsp3) is 0.0588. The molecular formula is C17H10ClFN2O4S. The highest BCUT2D eigenvalue weighted by atomic mass is 35.5. The Bertz CT molecular complexity index is 975. The molecule has 0 bridgehead atoms. The average Bonchev–Trinajstić information content (AvgIpc) is 2.91. The molecule has 3 rings (SSSR count). The van der Waals surface area contributed by atoms with Gasteiger partial charge >= 0.3 is 0 Å². The molecule has 0 aliphatic carbocycles. The van der Waals surface area contributed by atoms with Gasteiger partial charge in [0.05, 0.1) is 20.5 Å². The van der Waals surface area contributed by atoms with Crippen molar-refractivity contribution >= 4 is 51.5 Å². The SMILES string of the molecule is C/C(=C1/SC(=O)N(c2ccc(F)c(Cl)c2)C1=O)c1ccc([N+](=O)[O-])cc1. The van der Waals surface area contributed by atoms with Crippen molar-refractivity contribution in [3.8, 4) is 0 Å². The summed E-state index contributed by atoms with van der Waals surface area (Å²) in [6.07, 6.45) is 0. The maximum absolute atomic E-state index is 13.3. The van der Waals surface area contributed by atoms with E-state index in [0.717, 1.165) is 22.7 Å². The van der Waals surface area contributed by atoms with Gasteiger partial charge in [0.25, 0.3) is 16.8 Å². The predicted octanol–water partition coefficient (Wildman–Crippen LogP) is 5.02. The van der Waals surface area contributed by atoms with E-state index in [0.29, 0.717) is 11.1 Å². The third kappa shape index (κ3) is 3.21. The molecular weight excluding hydrogens is 383 g/mol. The molecule has 132 valence electrons. The number of benzene rings is 2. The van der Waals surface area contributed by atoms with E-state index in [1.165, 1.54) is 36.4 Å². The molecule has 2 aromatic carbocycles. The molecule has 9 heteroatoms. The molecule has 0 aromatic heterocycles. The Balaban J connectivity index is 1.97. The molecule has 0 saturated carbocycles. The second-order valence-electron chi connectivity index (χ2n) is 5.37. The molecule has 1 aliphatic heterocycles. The average molecular weight is 393 g/mol. The second kappa shape index (κ2) is 6.89. The van der Waals surface area contributed by atoms with Gasteiger partial charge in [-0.2, -0.15) is 0 Å². The van der Waals surface area contributed by atoms with Crippen LogP contribution in [0.3, 0.4) is 0 Å². The molecule has 2 aromatic rings. The summed E-state index contributed by atoms with van der Waals surface area (Å²) in [7, 11) is 0. The van der Waals surface area contributed by atoms with E-state index in [-0.39, 0.29) is 21.3 Å². The van der Waals surface area contributed by atoms with Crippen LogP contribution in [0.15, 0.2) is 47.4 Å². The first-order valence-corrected chi connectivity index (χ1v) is 8.46. The molecule has 6 nitrogen and oxygen atoms in total. The molecule has 0 atom stereocenters. The third-order valence-corrected chi connectivity index (χ3v) is 5.11. The van der Waals surface area contributed by atoms with Crippen LogP contribution >= 0.6 is 23.4 Å². The maximum Gasteiger partial charge on any atom is 0.298 e. The van der Waals surface area contributed by atoms with Gasteiger partial charge in [0, 0.05) is 12.1 Å². The number of amides is 2. The minimum absolute atomic E-state index is 0.0735. The number of halogens is 2. The lowest BCUT2D eigenvalue weighted by Gasteiger charge is -2.13. The lowest BCUT2D eigenvalue weighted by atomic mass is 10.1. The Morgan fingerprint density at radius 3 is 2.42 bits per heavy atom. The summed E-state index contributed by atoms with van der Waals surface area (Å²) in [4.78, 5) is 36.3. The van der Waals surface area contributed by atoms with Crippen molar-refractivity contribution in [1.82, 2.24) is 0 Å². The minimum atomic E-state index is -0.653. The summed E-state index contributed by atoms with van der Waals surface area (Å²) in [6.45, 7) is 1.65. The van der Waals surface area contributed by atoms with Gasteiger partial charge < -0.3 is 0 Å². The summed E-state index contributed by atoms with van der Waals surface area (Å²) < 4.78 is 13.3. The standard InChI is InChI=1S/C17H10ClFN2O4S/c1-9(10-2-4-11(5-3-10)21(24)25)15-16(22)20(17(23)26-15)12-6-7-14(19)13(18)8-12/h2-8H,1H3/b15-9-. The van der Waals surface area contributed by atoms with Crippen LogP contribution in [0.2, 0.25) is 5.02 Å². The van der Waals surface area contributed by atoms with E-state index in [2.05, 4.69) is 0 Å². The van der Waals surface area contributed by atoms with Crippen LogP contribution in [0, 0.1) is 15.9 Å². The number of hydrogen-bond acceptors (Lipinski definition) is 5. The first-order chi connectivity index (χ1) is 12.3. The first kappa shape index (κ1) is 18.1. The zero-order valence-corrected chi connectivity index (χ0v) is 14.8. The highest BCUT2D eigenvalue weighted by Gasteiger charge is 2.38. The zero-order valence-electron chi connectivity index (χ0n) is 13.2. The van der Waals surface area contributed by atoms with E-state index in [4.69, 9.17) is 11.6 Å². The summed E-state index contributed by atoms with van der Waals surface area (Å²) in [5, 5.41) is 10.0. The molecule has 1 saturated heterocycles. The van der Waals surface area contributed by atoms with Crippen LogP contribution in [0.1, 0.15) is 12.5 Å². The van der Waals surface area contributed by atoms with E-state index in [9.17, 15) is 24.1 Å². The second-order valence-corrected chi connectivity index (χ2v) is 6.73. The van der Waals surface area contributed by atoms with Crippen LogP contribution in [0.25, 0.3) is 5.57 Å². The number of anilines is 1. The fourth-order valence-electron chi connectivity index (χ4n) is 2.41. The van der Waals surface area contributed by atoms with Gasteiger partial charge in [0.15, 0.2) is 0 Å². The summed E-state index contributed by atoms with van der Waals surface area (Å²) >= 11 is 6.47. The van der Waals surface area contributed by atoms with Gasteiger partial charge in [-0.3, -0.25) is 19.7 Å². The van der Waals surface area contributed by atoms with Gasteiger partial charge in [-0.05, 0) is 60.2 Å². The van der Waals surface area contributed by atoms with Crippen molar-refractivity contribution in [3.05, 3.63) is 73.9 Å². The number of nitro groups is 1. The number of nitrogens with zero attached hydrogens (tertiary/aromatic N) is 2. The molecule has 26 heavy (non-hydrogen) atoms. The lowest BCUT2D eigenvalue weighted by Crippen LogP contribution is -2.27. The fourth-order valence-corrected chi connectivity index (χ4v) is 3.49. The number of hydrogen-bond donors (Lipinski definition) is 0. The maximum atomic E-state index is 13.3. The van der Waals surface area contributed by atoms with Gasteiger partial charge in [0.1, 0.15) is 5.82 Å². The largest absolute Gasteiger partial charge is 0.298 e. The van der Waals surface area contributed by atoms with E-state index < -0.39 is 21.9 Å². The number of carbonyl (C=O) groups is 2. The van der Waals surface area contributed by atoms with Crippen LogP contribution in [0.4, 0.5) is 20.6 Å². The topological polar surface area (TPSA) is 80.5 Å². The molecule has 1 aliphatic rings. The van der Waals surface area contributed by atoms with Crippen molar-refractivity contribution in [2.45, 2.75) is 6.92 Å². The van der Waals surface area contributed by atoms with E-state index in [1.807, 2.05) is 0 Å². The zero-order chi connectivity index (χ0) is 19.0. The smallest absolute Gasteiger partial charge is 0.268 e.